The van der Waals surface area contributed by atoms with Gasteiger partial charge in [-0.3, -0.25) is 0 Å². The summed E-state index contributed by atoms with van der Waals surface area (Å²) in [5.74, 6) is 0.654. The van der Waals surface area contributed by atoms with E-state index in [1.54, 1.807) is 23.6 Å². The van der Waals surface area contributed by atoms with E-state index in [-0.39, 0.29) is 0 Å². The van der Waals surface area contributed by atoms with Crippen molar-refractivity contribution in [2.45, 2.75) is 6.42 Å². The maximum Gasteiger partial charge on any atom is 0.144 e. The smallest absolute Gasteiger partial charge is 0.144 e. The first kappa shape index (κ1) is 11.6. The predicted octanol–water partition coefficient (Wildman–Crippen LogP) is 3.50. The molecule has 2 rings (SSSR count). The van der Waals surface area contributed by atoms with E-state index in [1.807, 2.05) is 10.9 Å². The first-order valence-electron chi connectivity index (χ1n) is 4.67. The number of anilines is 1. The van der Waals surface area contributed by atoms with E-state index in [0.717, 1.165) is 18.7 Å². The average molecular weight is 274 g/mol. The zero-order valence-electron chi connectivity index (χ0n) is 8.28. The Morgan fingerprint density at radius 3 is 2.88 bits per heavy atom. The van der Waals surface area contributed by atoms with Crippen molar-refractivity contribution >= 4 is 40.4 Å². The SMILES string of the molecule is Clc1cnc(NCCc2cscn2)c(Cl)c1. The molecule has 0 saturated carbocycles. The van der Waals surface area contributed by atoms with Crippen LogP contribution in [0, 0.1) is 0 Å². The van der Waals surface area contributed by atoms with Crippen LogP contribution in [0.15, 0.2) is 23.2 Å². The maximum atomic E-state index is 5.97. The molecule has 0 aliphatic heterocycles. The first-order valence-corrected chi connectivity index (χ1v) is 6.37. The van der Waals surface area contributed by atoms with Gasteiger partial charge in [-0.25, -0.2) is 9.97 Å². The van der Waals surface area contributed by atoms with Gasteiger partial charge in [0.1, 0.15) is 5.82 Å². The summed E-state index contributed by atoms with van der Waals surface area (Å²) < 4.78 is 0. The van der Waals surface area contributed by atoms with Gasteiger partial charge in [-0.1, -0.05) is 23.2 Å². The van der Waals surface area contributed by atoms with Crippen LogP contribution in [0.4, 0.5) is 5.82 Å². The molecule has 1 N–H and O–H groups in total. The molecule has 0 bridgehead atoms. The highest BCUT2D eigenvalue weighted by Gasteiger charge is 2.02. The lowest BCUT2D eigenvalue weighted by atomic mass is 10.3. The van der Waals surface area contributed by atoms with E-state index >= 15 is 0 Å². The highest BCUT2D eigenvalue weighted by molar-refractivity contribution is 7.07. The van der Waals surface area contributed by atoms with Gasteiger partial charge in [0.25, 0.3) is 0 Å². The van der Waals surface area contributed by atoms with Crippen LogP contribution in [0.25, 0.3) is 0 Å². The third-order valence-corrected chi connectivity index (χ3v) is 3.09. The number of rotatable bonds is 4. The standard InChI is InChI=1S/C10H9Cl2N3S/c11-7-3-9(12)10(14-4-7)13-2-1-8-5-16-6-15-8/h3-6H,1-2H2,(H,13,14). The van der Waals surface area contributed by atoms with Crippen molar-refractivity contribution in [1.29, 1.82) is 0 Å². The Labute approximate surface area is 107 Å². The third kappa shape index (κ3) is 3.07. The van der Waals surface area contributed by atoms with Crippen molar-refractivity contribution in [2.24, 2.45) is 0 Å². The minimum atomic E-state index is 0.533. The van der Waals surface area contributed by atoms with E-state index in [4.69, 9.17) is 23.2 Å². The summed E-state index contributed by atoms with van der Waals surface area (Å²) in [5.41, 5.74) is 2.89. The fourth-order valence-electron chi connectivity index (χ4n) is 1.21. The Bertz CT molecular complexity index is 459. The molecule has 0 unspecified atom stereocenters. The fourth-order valence-corrected chi connectivity index (χ4v) is 2.25. The molecule has 3 nitrogen and oxygen atoms in total. The van der Waals surface area contributed by atoms with E-state index in [1.165, 1.54) is 0 Å². The lowest BCUT2D eigenvalue weighted by Gasteiger charge is -2.06. The molecule has 0 aromatic carbocycles. The molecule has 0 aliphatic rings. The van der Waals surface area contributed by atoms with Crippen molar-refractivity contribution in [3.8, 4) is 0 Å². The fraction of sp³-hybridized carbons (Fsp3) is 0.200. The van der Waals surface area contributed by atoms with E-state index in [9.17, 15) is 0 Å². The number of aromatic nitrogens is 2. The van der Waals surface area contributed by atoms with Crippen LogP contribution in [0.2, 0.25) is 10.0 Å². The highest BCUT2D eigenvalue weighted by Crippen LogP contribution is 2.22. The van der Waals surface area contributed by atoms with Gasteiger partial charge < -0.3 is 5.32 Å². The molecule has 84 valence electrons. The Morgan fingerprint density at radius 1 is 1.31 bits per heavy atom. The van der Waals surface area contributed by atoms with Crippen LogP contribution < -0.4 is 5.32 Å². The molecule has 0 atom stereocenters. The minimum absolute atomic E-state index is 0.533. The van der Waals surface area contributed by atoms with Gasteiger partial charge in [0.05, 0.1) is 21.2 Å². The number of hydrogen-bond acceptors (Lipinski definition) is 4. The van der Waals surface area contributed by atoms with Crippen molar-refractivity contribution in [1.82, 2.24) is 9.97 Å². The molecule has 0 amide bonds. The second-order valence-electron chi connectivity index (χ2n) is 3.14. The lowest BCUT2D eigenvalue weighted by molar-refractivity contribution is 0.968. The molecule has 2 aromatic rings. The van der Waals surface area contributed by atoms with Crippen LogP contribution >= 0.6 is 34.5 Å². The second kappa shape index (κ2) is 5.48. The third-order valence-electron chi connectivity index (χ3n) is 1.96. The lowest BCUT2D eigenvalue weighted by Crippen LogP contribution is -2.06. The van der Waals surface area contributed by atoms with Crippen LogP contribution in [0.3, 0.4) is 0 Å². The zero-order valence-corrected chi connectivity index (χ0v) is 10.6. The minimum Gasteiger partial charge on any atom is -0.368 e. The van der Waals surface area contributed by atoms with Crippen LogP contribution in [0.1, 0.15) is 5.69 Å². The summed E-state index contributed by atoms with van der Waals surface area (Å²) in [6.45, 7) is 0.748. The van der Waals surface area contributed by atoms with Crippen LogP contribution in [-0.2, 0) is 6.42 Å². The molecule has 0 spiro atoms. The van der Waals surface area contributed by atoms with Crippen LogP contribution in [-0.4, -0.2) is 16.5 Å². The normalized spacial score (nSPS) is 10.4. The van der Waals surface area contributed by atoms with Gasteiger partial charge in [-0.05, 0) is 6.07 Å². The zero-order chi connectivity index (χ0) is 11.4. The summed E-state index contributed by atoms with van der Waals surface area (Å²) >= 11 is 13.3. The van der Waals surface area contributed by atoms with Gasteiger partial charge in [0, 0.05) is 24.5 Å². The van der Waals surface area contributed by atoms with Crippen LogP contribution in [0.5, 0.6) is 0 Å². The van der Waals surface area contributed by atoms with Crippen molar-refractivity contribution < 1.29 is 0 Å². The largest absolute Gasteiger partial charge is 0.368 e. The molecular formula is C10H9Cl2N3S. The molecule has 0 fully saturated rings. The predicted molar refractivity (Wildman–Crippen MR) is 68.6 cm³/mol. The summed E-state index contributed by atoms with van der Waals surface area (Å²) in [6, 6.07) is 1.67. The number of pyridine rings is 1. The average Bonchev–Trinajstić information content (AvgIpc) is 2.74. The van der Waals surface area contributed by atoms with E-state index < -0.39 is 0 Å². The second-order valence-corrected chi connectivity index (χ2v) is 4.70. The van der Waals surface area contributed by atoms with Crippen molar-refractivity contribution in [3.63, 3.8) is 0 Å². The van der Waals surface area contributed by atoms with Gasteiger partial charge in [-0.2, -0.15) is 0 Å². The Balaban J connectivity index is 1.90. The number of hydrogen-bond donors (Lipinski definition) is 1. The first-order chi connectivity index (χ1) is 7.75. The van der Waals surface area contributed by atoms with Crippen molar-refractivity contribution in [2.75, 3.05) is 11.9 Å². The Hall–Kier alpha value is -0.840. The monoisotopic (exact) mass is 273 g/mol. The van der Waals surface area contributed by atoms with E-state index in [2.05, 4.69) is 15.3 Å². The number of halogens is 2. The maximum absolute atomic E-state index is 5.97. The van der Waals surface area contributed by atoms with Gasteiger partial charge in [0.15, 0.2) is 0 Å². The molecule has 2 heterocycles. The molecule has 6 heteroatoms. The highest BCUT2D eigenvalue weighted by atomic mass is 35.5. The van der Waals surface area contributed by atoms with Gasteiger partial charge in [-0.15, -0.1) is 11.3 Å². The molecule has 16 heavy (non-hydrogen) atoms. The quantitative estimate of drug-likeness (QED) is 0.927. The molecule has 0 aliphatic carbocycles. The van der Waals surface area contributed by atoms with Gasteiger partial charge in [0.2, 0.25) is 0 Å². The molecule has 0 saturated heterocycles. The number of nitrogens with zero attached hydrogens (tertiary/aromatic N) is 2. The number of thiazole rings is 1. The van der Waals surface area contributed by atoms with Crippen molar-refractivity contribution in [3.05, 3.63) is 38.9 Å². The summed E-state index contributed by atoms with van der Waals surface area (Å²) in [7, 11) is 0. The molecular weight excluding hydrogens is 265 g/mol. The summed E-state index contributed by atoms with van der Waals surface area (Å²) in [6.07, 6.45) is 2.42. The summed E-state index contributed by atoms with van der Waals surface area (Å²) in [5, 5.41) is 6.24. The van der Waals surface area contributed by atoms with Gasteiger partial charge >= 0.3 is 0 Å². The van der Waals surface area contributed by atoms with E-state index in [0.29, 0.717) is 15.9 Å². The summed E-state index contributed by atoms with van der Waals surface area (Å²) in [4.78, 5) is 8.29. The number of nitrogens with one attached hydrogen (secondary N) is 1. The molecule has 0 radical (unpaired) electrons. The Kier molecular flexibility index (Phi) is 3.98. The Morgan fingerprint density at radius 2 is 2.19 bits per heavy atom. The molecule has 2 aromatic heterocycles. The topological polar surface area (TPSA) is 37.8 Å².